The van der Waals surface area contributed by atoms with Crippen molar-refractivity contribution in [3.05, 3.63) is 70.8 Å². The first-order valence-corrected chi connectivity index (χ1v) is 8.18. The van der Waals surface area contributed by atoms with Gasteiger partial charge in [0, 0.05) is 6.07 Å². The van der Waals surface area contributed by atoms with E-state index in [2.05, 4.69) is 5.32 Å². The van der Waals surface area contributed by atoms with E-state index < -0.39 is 47.5 Å². The number of ether oxygens (including phenoxy) is 1. The molecule has 2 aromatic rings. The van der Waals surface area contributed by atoms with Crippen LogP contribution < -0.4 is 5.32 Å². The van der Waals surface area contributed by atoms with E-state index in [4.69, 9.17) is 4.74 Å². The van der Waals surface area contributed by atoms with Crippen LogP contribution in [-0.4, -0.2) is 41.7 Å². The number of urea groups is 1. The molecule has 0 aliphatic carbocycles. The highest BCUT2D eigenvalue weighted by atomic mass is 19.1. The van der Waals surface area contributed by atoms with Gasteiger partial charge in [0.05, 0.1) is 24.2 Å². The first-order valence-electron chi connectivity index (χ1n) is 8.18. The number of carbonyl (C=O) groups is 4. The fraction of sp³-hybridized carbons (Fsp3) is 0.158. The lowest BCUT2D eigenvalue weighted by Crippen LogP contribution is -2.31. The zero-order chi connectivity index (χ0) is 20.3. The molecule has 1 saturated heterocycles. The summed E-state index contributed by atoms with van der Waals surface area (Å²) in [4.78, 5) is 48.7. The lowest BCUT2D eigenvalue weighted by Gasteiger charge is -2.15. The van der Waals surface area contributed by atoms with Crippen molar-refractivity contribution in [1.29, 1.82) is 0 Å². The van der Waals surface area contributed by atoms with Gasteiger partial charge in [-0.1, -0.05) is 18.2 Å². The van der Waals surface area contributed by atoms with Crippen LogP contribution >= 0.6 is 0 Å². The van der Waals surface area contributed by atoms with Crippen LogP contribution in [0.4, 0.5) is 13.6 Å². The van der Waals surface area contributed by atoms with Gasteiger partial charge < -0.3 is 10.1 Å². The quantitative estimate of drug-likeness (QED) is 0.465. The third-order valence-corrected chi connectivity index (χ3v) is 4.07. The van der Waals surface area contributed by atoms with Crippen molar-refractivity contribution in [2.24, 2.45) is 0 Å². The van der Waals surface area contributed by atoms with Gasteiger partial charge in [-0.3, -0.25) is 14.5 Å². The lowest BCUT2D eigenvalue weighted by molar-refractivity contribution is -0.125. The van der Waals surface area contributed by atoms with Gasteiger partial charge in [0.2, 0.25) is 11.7 Å². The maximum atomic E-state index is 13.6. The zero-order valence-electron chi connectivity index (χ0n) is 14.4. The van der Waals surface area contributed by atoms with E-state index in [0.29, 0.717) is 11.6 Å². The second kappa shape index (κ2) is 7.95. The maximum Gasteiger partial charge on any atom is 0.338 e. The Bertz CT molecular complexity index is 961. The number of carbonyl (C=O) groups excluding carboxylic acids is 4. The number of halogens is 2. The van der Waals surface area contributed by atoms with E-state index in [1.807, 2.05) is 0 Å². The van der Waals surface area contributed by atoms with E-state index in [9.17, 15) is 28.0 Å². The van der Waals surface area contributed by atoms with Crippen molar-refractivity contribution >= 4 is 23.7 Å². The van der Waals surface area contributed by atoms with Crippen LogP contribution in [0.3, 0.4) is 0 Å². The number of nitrogens with zero attached hydrogens (tertiary/aromatic N) is 1. The Morgan fingerprint density at radius 1 is 1.07 bits per heavy atom. The van der Waals surface area contributed by atoms with Gasteiger partial charge >= 0.3 is 12.0 Å². The summed E-state index contributed by atoms with van der Waals surface area (Å²) in [5.74, 6) is -4.04. The van der Waals surface area contributed by atoms with Gasteiger partial charge in [-0.05, 0) is 23.8 Å². The predicted octanol–water partition coefficient (Wildman–Crippen LogP) is 2.06. The van der Waals surface area contributed by atoms with Crippen LogP contribution in [-0.2, 0) is 16.1 Å². The molecular weight excluding hydrogens is 374 g/mol. The number of rotatable bonds is 6. The summed E-state index contributed by atoms with van der Waals surface area (Å²) < 4.78 is 31.5. The average molecular weight is 388 g/mol. The number of imide groups is 1. The molecule has 3 rings (SSSR count). The number of nitrogens with one attached hydrogen (secondary N) is 1. The summed E-state index contributed by atoms with van der Waals surface area (Å²) >= 11 is 0. The Balaban J connectivity index is 1.70. The van der Waals surface area contributed by atoms with Gasteiger partial charge in [0.25, 0.3) is 0 Å². The molecule has 2 aromatic carbocycles. The molecule has 0 saturated carbocycles. The molecule has 28 heavy (non-hydrogen) atoms. The minimum atomic E-state index is -1.06. The van der Waals surface area contributed by atoms with Gasteiger partial charge in [0.15, 0.2) is 6.61 Å². The summed E-state index contributed by atoms with van der Waals surface area (Å²) in [5, 5.41) is 2.37. The summed E-state index contributed by atoms with van der Waals surface area (Å²) in [6.07, 6.45) is 0. The smallest absolute Gasteiger partial charge is 0.338 e. The molecule has 7 nitrogen and oxygen atoms in total. The summed E-state index contributed by atoms with van der Waals surface area (Å²) in [5.41, 5.74) is 0.00232. The van der Waals surface area contributed by atoms with Crippen molar-refractivity contribution in [1.82, 2.24) is 10.2 Å². The molecular formula is C19H14F2N2O5. The number of hydrogen-bond donors (Lipinski definition) is 1. The third-order valence-electron chi connectivity index (χ3n) is 4.07. The molecule has 1 N–H and O–H groups in total. The Morgan fingerprint density at radius 2 is 1.82 bits per heavy atom. The summed E-state index contributed by atoms with van der Waals surface area (Å²) in [6, 6.07) is 7.99. The topological polar surface area (TPSA) is 92.8 Å². The van der Waals surface area contributed by atoms with E-state index in [1.165, 1.54) is 12.1 Å². The lowest BCUT2D eigenvalue weighted by atomic mass is 10.1. The zero-order valence-corrected chi connectivity index (χ0v) is 14.4. The van der Waals surface area contributed by atoms with Crippen LogP contribution in [0.15, 0.2) is 42.5 Å². The average Bonchev–Trinajstić information content (AvgIpc) is 2.98. The first-order chi connectivity index (χ1) is 13.4. The van der Waals surface area contributed by atoms with Crippen molar-refractivity contribution in [2.75, 3.05) is 13.2 Å². The fourth-order valence-electron chi connectivity index (χ4n) is 2.65. The minimum absolute atomic E-state index is 0.0578. The van der Waals surface area contributed by atoms with Gasteiger partial charge in [0.1, 0.15) is 11.6 Å². The van der Waals surface area contributed by atoms with E-state index in [-0.39, 0.29) is 18.7 Å². The molecule has 144 valence electrons. The van der Waals surface area contributed by atoms with Crippen LogP contribution in [0.2, 0.25) is 0 Å². The molecule has 0 radical (unpaired) electrons. The Kier molecular flexibility index (Phi) is 5.44. The molecule has 3 amide bonds. The Morgan fingerprint density at radius 3 is 2.50 bits per heavy atom. The first kappa shape index (κ1) is 19.2. The summed E-state index contributed by atoms with van der Waals surface area (Å²) in [7, 11) is 0. The number of ketones is 1. The molecule has 0 atom stereocenters. The van der Waals surface area contributed by atoms with Crippen LogP contribution in [0.1, 0.15) is 26.3 Å². The number of benzene rings is 2. The van der Waals surface area contributed by atoms with Crippen molar-refractivity contribution < 1.29 is 32.7 Å². The molecule has 1 fully saturated rings. The molecule has 0 bridgehead atoms. The van der Waals surface area contributed by atoms with Crippen LogP contribution in [0.5, 0.6) is 0 Å². The number of esters is 1. The standard InChI is InChI=1S/C19H14F2N2O5/c20-12-5-6-14(15(21)7-12)16(24)10-28-18(26)13-4-2-1-3-11(13)9-23-17(25)8-22-19(23)27/h1-7H,8-10H2,(H,22,27). The Labute approximate surface area is 157 Å². The molecule has 0 aromatic heterocycles. The van der Waals surface area contributed by atoms with Crippen LogP contribution in [0, 0.1) is 11.6 Å². The SMILES string of the molecule is O=C(COC(=O)c1ccccc1CN1C(=O)CNC1=O)c1ccc(F)cc1F. The highest BCUT2D eigenvalue weighted by Crippen LogP contribution is 2.16. The third kappa shape index (κ3) is 4.03. The molecule has 0 spiro atoms. The van der Waals surface area contributed by atoms with Gasteiger partial charge in [-0.15, -0.1) is 0 Å². The number of Topliss-reactive ketones (excluding diaryl/α,β-unsaturated/α-hetero) is 1. The molecule has 1 heterocycles. The van der Waals surface area contributed by atoms with Crippen LogP contribution in [0.25, 0.3) is 0 Å². The van der Waals surface area contributed by atoms with Crippen molar-refractivity contribution in [2.45, 2.75) is 6.54 Å². The van der Waals surface area contributed by atoms with E-state index >= 15 is 0 Å². The number of amides is 3. The largest absolute Gasteiger partial charge is 0.454 e. The second-order valence-electron chi connectivity index (χ2n) is 5.92. The van der Waals surface area contributed by atoms with Crippen molar-refractivity contribution in [3.63, 3.8) is 0 Å². The van der Waals surface area contributed by atoms with E-state index in [0.717, 1.165) is 17.0 Å². The predicted molar refractivity (Wildman–Crippen MR) is 91.4 cm³/mol. The highest BCUT2D eigenvalue weighted by molar-refractivity contribution is 6.02. The van der Waals surface area contributed by atoms with E-state index in [1.54, 1.807) is 12.1 Å². The highest BCUT2D eigenvalue weighted by Gasteiger charge is 2.29. The maximum absolute atomic E-state index is 13.6. The monoisotopic (exact) mass is 388 g/mol. The molecule has 0 unspecified atom stereocenters. The minimum Gasteiger partial charge on any atom is -0.454 e. The van der Waals surface area contributed by atoms with Gasteiger partial charge in [-0.2, -0.15) is 0 Å². The van der Waals surface area contributed by atoms with Gasteiger partial charge in [-0.25, -0.2) is 18.4 Å². The molecule has 9 heteroatoms. The normalized spacial score (nSPS) is 13.4. The van der Waals surface area contributed by atoms with Crippen molar-refractivity contribution in [3.8, 4) is 0 Å². The number of hydrogen-bond acceptors (Lipinski definition) is 5. The summed E-state index contributed by atoms with van der Waals surface area (Å²) in [6.45, 7) is -1.02. The second-order valence-corrected chi connectivity index (χ2v) is 5.92. The fourth-order valence-corrected chi connectivity index (χ4v) is 2.65. The Hall–Kier alpha value is -3.62. The molecule has 1 aliphatic heterocycles. The molecule has 1 aliphatic rings.